The number of rotatable bonds is 6. The number of nitrogens with one attached hydrogen (secondary N) is 2. The third kappa shape index (κ3) is 5.92. The van der Waals surface area contributed by atoms with E-state index in [9.17, 15) is 19.1 Å². The molecule has 0 heterocycles. The predicted octanol–water partition coefficient (Wildman–Crippen LogP) is 2.10. The van der Waals surface area contributed by atoms with Gasteiger partial charge in [-0.1, -0.05) is 34.6 Å². The van der Waals surface area contributed by atoms with Gasteiger partial charge in [-0.2, -0.15) is 0 Å². The Labute approximate surface area is 142 Å². The van der Waals surface area contributed by atoms with Crippen molar-refractivity contribution in [1.82, 2.24) is 10.6 Å². The van der Waals surface area contributed by atoms with Crippen molar-refractivity contribution in [3.8, 4) is 0 Å². The number of amides is 2. The molecule has 2 amide bonds. The highest BCUT2D eigenvalue weighted by atomic mass is 19.1. The van der Waals surface area contributed by atoms with Crippen LogP contribution in [-0.2, 0) is 4.79 Å². The first-order valence-electron chi connectivity index (χ1n) is 8.04. The molecule has 0 aliphatic rings. The van der Waals surface area contributed by atoms with Gasteiger partial charge >= 0.3 is 0 Å². The lowest BCUT2D eigenvalue weighted by atomic mass is 9.89. The smallest absolute Gasteiger partial charge is 0.251 e. The average Bonchev–Trinajstić information content (AvgIpc) is 2.49. The predicted molar refractivity (Wildman–Crippen MR) is 91.0 cm³/mol. The number of carbonyl (C=O) groups is 2. The molecule has 1 aromatic rings. The largest absolute Gasteiger partial charge is 0.391 e. The molecule has 134 valence electrons. The molecule has 6 heteroatoms. The van der Waals surface area contributed by atoms with Crippen molar-refractivity contribution in [3.05, 3.63) is 35.6 Å². The highest BCUT2D eigenvalue weighted by Crippen LogP contribution is 2.18. The van der Waals surface area contributed by atoms with Crippen molar-refractivity contribution < 1.29 is 19.1 Å². The molecule has 2 atom stereocenters. The molecule has 0 spiro atoms. The van der Waals surface area contributed by atoms with Crippen LogP contribution in [0.2, 0.25) is 0 Å². The Morgan fingerprint density at radius 1 is 1.17 bits per heavy atom. The summed E-state index contributed by atoms with van der Waals surface area (Å²) in [6, 6.07) is 4.37. The molecule has 5 nitrogen and oxygen atoms in total. The van der Waals surface area contributed by atoms with Gasteiger partial charge in [0, 0.05) is 12.1 Å². The Bertz CT molecular complexity index is 565. The number of hydrogen-bond acceptors (Lipinski definition) is 3. The second-order valence-electron chi connectivity index (χ2n) is 7.33. The maximum atomic E-state index is 12.9. The van der Waals surface area contributed by atoms with Crippen molar-refractivity contribution in [2.45, 2.75) is 46.8 Å². The zero-order chi connectivity index (χ0) is 18.5. The zero-order valence-electron chi connectivity index (χ0n) is 14.9. The molecule has 0 aliphatic heterocycles. The SMILES string of the molecule is CC(C)C(NC(=O)c1ccc(F)cc1)C(=O)NCC(O)C(C)(C)C. The van der Waals surface area contributed by atoms with Crippen molar-refractivity contribution in [2.75, 3.05) is 6.54 Å². The van der Waals surface area contributed by atoms with Crippen LogP contribution in [-0.4, -0.2) is 35.6 Å². The summed E-state index contributed by atoms with van der Waals surface area (Å²) in [6.45, 7) is 9.36. The van der Waals surface area contributed by atoms with Crippen LogP contribution < -0.4 is 10.6 Å². The van der Waals surface area contributed by atoms with Gasteiger partial charge < -0.3 is 15.7 Å². The molecule has 0 bridgehead atoms. The lowest BCUT2D eigenvalue weighted by molar-refractivity contribution is -0.124. The van der Waals surface area contributed by atoms with Gasteiger partial charge in [-0.25, -0.2) is 4.39 Å². The average molecular weight is 338 g/mol. The zero-order valence-corrected chi connectivity index (χ0v) is 14.9. The van der Waals surface area contributed by atoms with E-state index in [1.807, 2.05) is 34.6 Å². The molecular formula is C18H27FN2O3. The van der Waals surface area contributed by atoms with Gasteiger partial charge in [0.2, 0.25) is 5.91 Å². The van der Waals surface area contributed by atoms with E-state index in [2.05, 4.69) is 10.6 Å². The molecule has 0 radical (unpaired) electrons. The maximum Gasteiger partial charge on any atom is 0.251 e. The minimum absolute atomic E-state index is 0.109. The van der Waals surface area contributed by atoms with Crippen molar-refractivity contribution in [3.63, 3.8) is 0 Å². The maximum absolute atomic E-state index is 12.9. The molecule has 24 heavy (non-hydrogen) atoms. The number of aliphatic hydroxyl groups excluding tert-OH is 1. The van der Waals surface area contributed by atoms with E-state index in [1.54, 1.807) is 0 Å². The first kappa shape index (κ1) is 20.1. The van der Waals surface area contributed by atoms with E-state index in [-0.39, 0.29) is 29.3 Å². The lowest BCUT2D eigenvalue weighted by Gasteiger charge is -2.27. The standard InChI is InChI=1S/C18H27FN2O3/c1-11(2)15(17(24)20-10-14(22)18(3,4)5)21-16(23)12-6-8-13(19)9-7-12/h6-9,11,14-15,22H,10H2,1-5H3,(H,20,24)(H,21,23). The minimum atomic E-state index is -0.741. The third-order valence-corrected chi connectivity index (χ3v) is 3.81. The molecule has 0 fully saturated rings. The fourth-order valence-electron chi connectivity index (χ4n) is 1.97. The Balaban J connectivity index is 2.71. The van der Waals surface area contributed by atoms with E-state index in [1.165, 1.54) is 24.3 Å². The number of benzene rings is 1. The molecule has 1 aromatic carbocycles. The van der Waals surface area contributed by atoms with Crippen LogP contribution in [0.1, 0.15) is 45.0 Å². The Morgan fingerprint density at radius 3 is 2.17 bits per heavy atom. The summed E-state index contributed by atoms with van der Waals surface area (Å²) in [4.78, 5) is 24.5. The van der Waals surface area contributed by atoms with Gasteiger partial charge in [-0.15, -0.1) is 0 Å². The van der Waals surface area contributed by atoms with Gasteiger partial charge in [-0.05, 0) is 35.6 Å². The van der Waals surface area contributed by atoms with Gasteiger partial charge in [-0.3, -0.25) is 9.59 Å². The monoisotopic (exact) mass is 338 g/mol. The summed E-state index contributed by atoms with van der Waals surface area (Å²) in [7, 11) is 0. The first-order chi connectivity index (χ1) is 11.0. The molecular weight excluding hydrogens is 311 g/mol. The van der Waals surface area contributed by atoms with Crippen LogP contribution in [0, 0.1) is 17.2 Å². The summed E-state index contributed by atoms with van der Waals surface area (Å²) in [5, 5.41) is 15.3. The molecule has 0 aliphatic carbocycles. The van der Waals surface area contributed by atoms with Gasteiger partial charge in [0.05, 0.1) is 6.10 Å². The van der Waals surface area contributed by atoms with Gasteiger partial charge in [0.25, 0.3) is 5.91 Å². The summed E-state index contributed by atoms with van der Waals surface area (Å²) < 4.78 is 12.9. The van der Waals surface area contributed by atoms with E-state index in [4.69, 9.17) is 0 Å². The Hall–Kier alpha value is -1.95. The topological polar surface area (TPSA) is 78.4 Å². The quantitative estimate of drug-likeness (QED) is 0.743. The molecule has 3 N–H and O–H groups in total. The van der Waals surface area contributed by atoms with E-state index in [0.29, 0.717) is 0 Å². The fraction of sp³-hybridized carbons (Fsp3) is 0.556. The summed E-state index contributed by atoms with van der Waals surface area (Å²) >= 11 is 0. The Morgan fingerprint density at radius 2 is 1.71 bits per heavy atom. The fourth-order valence-corrected chi connectivity index (χ4v) is 1.97. The highest BCUT2D eigenvalue weighted by Gasteiger charge is 2.27. The van der Waals surface area contributed by atoms with Crippen LogP contribution in [0.5, 0.6) is 0 Å². The molecule has 1 rings (SSSR count). The van der Waals surface area contributed by atoms with Crippen LogP contribution in [0.3, 0.4) is 0 Å². The molecule has 0 aromatic heterocycles. The van der Waals surface area contributed by atoms with Crippen LogP contribution in [0.25, 0.3) is 0 Å². The summed E-state index contributed by atoms with van der Waals surface area (Å²) in [5.41, 5.74) is -0.0672. The number of halogens is 1. The van der Waals surface area contributed by atoms with Crippen LogP contribution in [0.4, 0.5) is 4.39 Å². The highest BCUT2D eigenvalue weighted by molar-refractivity contribution is 5.97. The molecule has 0 saturated carbocycles. The normalized spacial score (nSPS) is 14.2. The number of hydrogen-bond donors (Lipinski definition) is 3. The van der Waals surface area contributed by atoms with E-state index < -0.39 is 23.9 Å². The second kappa shape index (κ2) is 8.24. The number of aliphatic hydroxyl groups is 1. The van der Waals surface area contributed by atoms with Crippen LogP contribution >= 0.6 is 0 Å². The second-order valence-corrected chi connectivity index (χ2v) is 7.33. The van der Waals surface area contributed by atoms with E-state index >= 15 is 0 Å². The minimum Gasteiger partial charge on any atom is -0.391 e. The van der Waals surface area contributed by atoms with E-state index in [0.717, 1.165) is 0 Å². The van der Waals surface area contributed by atoms with Gasteiger partial charge in [0.15, 0.2) is 0 Å². The van der Waals surface area contributed by atoms with Crippen LogP contribution in [0.15, 0.2) is 24.3 Å². The number of carbonyl (C=O) groups excluding carboxylic acids is 2. The third-order valence-electron chi connectivity index (χ3n) is 3.81. The van der Waals surface area contributed by atoms with Crippen molar-refractivity contribution in [2.24, 2.45) is 11.3 Å². The lowest BCUT2D eigenvalue weighted by Crippen LogP contribution is -2.51. The van der Waals surface area contributed by atoms with Crippen molar-refractivity contribution in [1.29, 1.82) is 0 Å². The summed E-state index contributed by atoms with van der Waals surface area (Å²) in [6.07, 6.45) is -0.693. The van der Waals surface area contributed by atoms with Crippen molar-refractivity contribution >= 4 is 11.8 Å². The molecule has 2 unspecified atom stereocenters. The Kier molecular flexibility index (Phi) is 6.90. The van der Waals surface area contributed by atoms with Gasteiger partial charge in [0.1, 0.15) is 11.9 Å². The summed E-state index contributed by atoms with van der Waals surface area (Å²) in [5.74, 6) is -1.37. The first-order valence-corrected chi connectivity index (χ1v) is 8.04. The molecule has 0 saturated heterocycles.